The third-order valence-electron chi connectivity index (χ3n) is 4.77. The minimum Gasteiger partial charge on any atom is -0.479 e. The quantitative estimate of drug-likeness (QED) is 0.158. The molecule has 0 aromatic heterocycles. The monoisotopic (exact) mass is 491 g/mol. The summed E-state index contributed by atoms with van der Waals surface area (Å²) < 4.78 is 57.4. The van der Waals surface area contributed by atoms with Crippen LogP contribution in [0.4, 0.5) is 0 Å². The number of aliphatic hydroxyl groups excluding tert-OH is 4. The average Bonchev–Trinajstić information content (AvgIpc) is 2.68. The number of carbonyl (C=O) groups is 2. The molecule has 17 heteroatoms. The van der Waals surface area contributed by atoms with Crippen molar-refractivity contribution in [2.24, 2.45) is 0 Å². The van der Waals surface area contributed by atoms with Crippen molar-refractivity contribution in [3.63, 3.8) is 0 Å². The number of carboxylic acids is 1. The van der Waals surface area contributed by atoms with Gasteiger partial charge in [0.05, 0.1) is 6.61 Å². The summed E-state index contributed by atoms with van der Waals surface area (Å²) in [6.45, 7) is 0.187. The molecule has 16 nitrogen and oxygen atoms in total. The number of aliphatic carboxylic acids is 1. The number of carbonyl (C=O) groups excluding carboxylic acids is 1. The standard InChI is InChI=1S/C15H25NO15S/c1-4(18)16-6-11(10(31-32(24,25)26)5(3-17)28-14(6)27-2)29-15-9(21)7(19)8(20)12(30-15)13(22)23/h5-12,14-15,17,19-21H,3H2,1-2H3,(H,16,18)(H,22,23)(H,24,25,26)/t5-,6-,7+,8+,9-,10-,11-,12+,14+,15-/m1/s1. The van der Waals surface area contributed by atoms with Gasteiger partial charge in [0.15, 0.2) is 18.7 Å². The lowest BCUT2D eigenvalue weighted by atomic mass is 9.95. The smallest absolute Gasteiger partial charge is 0.397 e. The van der Waals surface area contributed by atoms with Gasteiger partial charge in [-0.15, -0.1) is 0 Å². The van der Waals surface area contributed by atoms with Crippen molar-refractivity contribution in [1.29, 1.82) is 0 Å². The van der Waals surface area contributed by atoms with Crippen molar-refractivity contribution in [3.8, 4) is 0 Å². The van der Waals surface area contributed by atoms with E-state index in [0.29, 0.717) is 0 Å². The first-order valence-corrected chi connectivity index (χ1v) is 10.5. The predicted molar refractivity (Wildman–Crippen MR) is 96.0 cm³/mol. The van der Waals surface area contributed by atoms with Crippen LogP contribution >= 0.6 is 0 Å². The van der Waals surface area contributed by atoms with Gasteiger partial charge in [0.2, 0.25) is 5.91 Å². The first kappa shape index (κ1) is 26.7. The largest absolute Gasteiger partial charge is 0.479 e. The number of nitrogens with one attached hydrogen (secondary N) is 1. The summed E-state index contributed by atoms with van der Waals surface area (Å²) in [5.41, 5.74) is 0. The van der Waals surface area contributed by atoms with Crippen LogP contribution in [0.3, 0.4) is 0 Å². The van der Waals surface area contributed by atoms with Gasteiger partial charge in [-0.25, -0.2) is 8.98 Å². The molecule has 2 aliphatic rings. The van der Waals surface area contributed by atoms with Gasteiger partial charge >= 0.3 is 16.4 Å². The van der Waals surface area contributed by atoms with Crippen LogP contribution in [-0.2, 0) is 43.1 Å². The zero-order valence-electron chi connectivity index (χ0n) is 16.7. The van der Waals surface area contributed by atoms with Gasteiger partial charge in [-0.1, -0.05) is 0 Å². The van der Waals surface area contributed by atoms with Crippen LogP contribution in [-0.4, -0.2) is 125 Å². The molecule has 7 N–H and O–H groups in total. The second-order valence-electron chi connectivity index (χ2n) is 7.01. The van der Waals surface area contributed by atoms with Gasteiger partial charge in [-0.05, 0) is 0 Å². The molecule has 10 atom stereocenters. The van der Waals surface area contributed by atoms with Crippen LogP contribution in [0, 0.1) is 0 Å². The molecule has 2 rings (SSSR count). The van der Waals surface area contributed by atoms with Crippen molar-refractivity contribution < 1.29 is 71.2 Å². The number of ether oxygens (including phenoxy) is 4. The topological polar surface area (TPSA) is 248 Å². The van der Waals surface area contributed by atoms with E-state index in [2.05, 4.69) is 9.50 Å². The number of aliphatic hydroxyl groups is 4. The number of carboxylic acid groups (broad SMARTS) is 1. The first-order valence-electron chi connectivity index (χ1n) is 9.10. The number of hydrogen-bond acceptors (Lipinski definition) is 13. The van der Waals surface area contributed by atoms with E-state index in [1.54, 1.807) is 0 Å². The molecule has 186 valence electrons. The fourth-order valence-corrected chi connectivity index (χ4v) is 3.89. The highest BCUT2D eigenvalue weighted by molar-refractivity contribution is 7.80. The van der Waals surface area contributed by atoms with Gasteiger partial charge in [0, 0.05) is 14.0 Å². The Labute approximate surface area is 181 Å². The van der Waals surface area contributed by atoms with Crippen LogP contribution < -0.4 is 5.32 Å². The molecule has 0 unspecified atom stereocenters. The normalized spacial score (nSPS) is 40.6. The highest BCUT2D eigenvalue weighted by Gasteiger charge is 2.54. The molecule has 2 fully saturated rings. The van der Waals surface area contributed by atoms with Crippen LogP contribution in [0.15, 0.2) is 0 Å². The number of methoxy groups -OCH3 is 1. The summed E-state index contributed by atoms with van der Waals surface area (Å²) in [7, 11) is -4.04. The Balaban J connectivity index is 2.46. The minimum absolute atomic E-state index is 0.689. The maximum Gasteiger partial charge on any atom is 0.397 e. The minimum atomic E-state index is -5.19. The van der Waals surface area contributed by atoms with E-state index >= 15 is 0 Å². The maximum absolute atomic E-state index is 11.7. The molecule has 0 aliphatic carbocycles. The first-order chi connectivity index (χ1) is 14.8. The molecule has 0 aromatic rings. The zero-order valence-corrected chi connectivity index (χ0v) is 17.6. The lowest BCUT2D eigenvalue weighted by Gasteiger charge is -2.47. The van der Waals surface area contributed by atoms with E-state index in [4.69, 9.17) is 23.5 Å². The van der Waals surface area contributed by atoms with Crippen molar-refractivity contribution in [2.75, 3.05) is 13.7 Å². The summed E-state index contributed by atoms with van der Waals surface area (Å²) in [5.74, 6) is -2.40. The van der Waals surface area contributed by atoms with Crippen molar-refractivity contribution >= 4 is 22.3 Å². The van der Waals surface area contributed by atoms with Gasteiger partial charge in [-0.2, -0.15) is 8.42 Å². The maximum atomic E-state index is 11.7. The van der Waals surface area contributed by atoms with E-state index in [1.165, 1.54) is 0 Å². The second-order valence-corrected chi connectivity index (χ2v) is 8.06. The molecular formula is C15H25NO15S. The highest BCUT2D eigenvalue weighted by atomic mass is 32.3. The van der Waals surface area contributed by atoms with E-state index in [9.17, 15) is 43.5 Å². The van der Waals surface area contributed by atoms with E-state index in [1.807, 2.05) is 0 Å². The molecule has 0 saturated carbocycles. The highest BCUT2D eigenvalue weighted by Crippen LogP contribution is 2.31. The van der Waals surface area contributed by atoms with Crippen LogP contribution in [0.25, 0.3) is 0 Å². The molecule has 2 saturated heterocycles. The van der Waals surface area contributed by atoms with Crippen LogP contribution in [0.5, 0.6) is 0 Å². The van der Waals surface area contributed by atoms with Gasteiger partial charge < -0.3 is 49.8 Å². The molecule has 0 radical (unpaired) electrons. The average molecular weight is 491 g/mol. The summed E-state index contributed by atoms with van der Waals surface area (Å²) in [6.07, 6.45) is -16.7. The summed E-state index contributed by atoms with van der Waals surface area (Å²) in [4.78, 5) is 23.0. The third kappa shape index (κ3) is 6.08. The third-order valence-corrected chi connectivity index (χ3v) is 5.23. The number of amides is 1. The van der Waals surface area contributed by atoms with Crippen LogP contribution in [0.2, 0.25) is 0 Å². The van der Waals surface area contributed by atoms with Crippen molar-refractivity contribution in [2.45, 2.75) is 68.3 Å². The lowest BCUT2D eigenvalue weighted by Crippen LogP contribution is -2.68. The van der Waals surface area contributed by atoms with E-state index in [-0.39, 0.29) is 0 Å². The number of hydrogen-bond donors (Lipinski definition) is 7. The Kier molecular flexibility index (Phi) is 8.87. The lowest BCUT2D eigenvalue weighted by molar-refractivity contribution is -0.336. The fraction of sp³-hybridized carbons (Fsp3) is 0.867. The Morgan fingerprint density at radius 1 is 1.03 bits per heavy atom. The zero-order chi connectivity index (χ0) is 24.4. The fourth-order valence-electron chi connectivity index (χ4n) is 3.38. The molecule has 2 heterocycles. The van der Waals surface area contributed by atoms with Gasteiger partial charge in [0.25, 0.3) is 0 Å². The van der Waals surface area contributed by atoms with Crippen molar-refractivity contribution in [3.05, 3.63) is 0 Å². The Hall–Kier alpha value is -1.51. The Bertz CT molecular complexity index is 777. The molecule has 0 bridgehead atoms. The summed E-state index contributed by atoms with van der Waals surface area (Å²) in [6, 6.07) is -1.41. The van der Waals surface area contributed by atoms with Crippen molar-refractivity contribution in [1.82, 2.24) is 5.32 Å². The molecule has 0 aromatic carbocycles. The van der Waals surface area contributed by atoms with E-state index in [0.717, 1.165) is 14.0 Å². The second kappa shape index (κ2) is 10.6. The molecule has 0 spiro atoms. The molecule has 1 amide bonds. The van der Waals surface area contributed by atoms with E-state index < -0.39 is 90.2 Å². The summed E-state index contributed by atoms with van der Waals surface area (Å²) in [5, 5.41) is 51.1. The SMILES string of the molecule is CO[C@H]1O[C@H](CO)[C@@H](OS(=O)(=O)O)[C@H](O[C@@H]2O[C@H](C(=O)O)[C@@H](O)[C@H](O)[C@H]2O)[C@H]1NC(C)=O. The summed E-state index contributed by atoms with van der Waals surface area (Å²) >= 11 is 0. The number of rotatable bonds is 8. The Morgan fingerprint density at radius 2 is 1.66 bits per heavy atom. The van der Waals surface area contributed by atoms with Crippen LogP contribution in [0.1, 0.15) is 6.92 Å². The Morgan fingerprint density at radius 3 is 2.12 bits per heavy atom. The molecule has 2 aliphatic heterocycles. The van der Waals surface area contributed by atoms with Gasteiger partial charge in [-0.3, -0.25) is 9.35 Å². The molecular weight excluding hydrogens is 466 g/mol. The molecule has 32 heavy (non-hydrogen) atoms. The predicted octanol–water partition coefficient (Wildman–Crippen LogP) is -4.68. The van der Waals surface area contributed by atoms with Gasteiger partial charge in [0.1, 0.15) is 42.7 Å².